The first-order valence-electron chi connectivity index (χ1n) is 5.57. The van der Waals surface area contributed by atoms with Crippen molar-refractivity contribution in [3.63, 3.8) is 0 Å². The average Bonchev–Trinajstić information content (AvgIpc) is 2.77. The molecule has 3 rings (SSSR count). The number of hydrogen-bond acceptors (Lipinski definition) is 3. The Morgan fingerprint density at radius 1 is 1.44 bits per heavy atom. The summed E-state index contributed by atoms with van der Waals surface area (Å²) in [4.78, 5) is 3.82. The van der Waals surface area contributed by atoms with E-state index in [-0.39, 0.29) is 11.7 Å². The van der Waals surface area contributed by atoms with Crippen molar-refractivity contribution in [1.82, 2.24) is 14.8 Å². The summed E-state index contributed by atoms with van der Waals surface area (Å²) in [5.41, 5.74) is -0.620. The van der Waals surface area contributed by atoms with Crippen LogP contribution in [-0.2, 0) is 16.9 Å². The van der Waals surface area contributed by atoms with Gasteiger partial charge in [0.25, 0.3) is 0 Å². The highest BCUT2D eigenvalue weighted by Crippen LogP contribution is 2.48. The Morgan fingerprint density at radius 2 is 2.22 bits per heavy atom. The molecule has 2 heterocycles. The molecule has 6 heteroatoms. The topological polar surface area (TPSA) is 43.2 Å². The van der Waals surface area contributed by atoms with Crippen LogP contribution in [0, 0.1) is 11.6 Å². The molecule has 2 atom stereocenters. The van der Waals surface area contributed by atoms with E-state index in [0.29, 0.717) is 6.54 Å². The predicted octanol–water partition coefficient (Wildman–Crippen LogP) is 1.87. The molecule has 0 unspecified atom stereocenters. The van der Waals surface area contributed by atoms with Gasteiger partial charge in [-0.2, -0.15) is 5.10 Å². The summed E-state index contributed by atoms with van der Waals surface area (Å²) in [6, 6.07) is 3.38. The second kappa shape index (κ2) is 3.84. The molecule has 1 aliphatic heterocycles. The Hall–Kier alpha value is -1.82. The van der Waals surface area contributed by atoms with Gasteiger partial charge in [-0.1, -0.05) is 0 Å². The van der Waals surface area contributed by atoms with Crippen molar-refractivity contribution < 1.29 is 13.5 Å². The third-order valence-electron chi connectivity index (χ3n) is 3.23. The van der Waals surface area contributed by atoms with Crippen molar-refractivity contribution in [3.8, 4) is 0 Å². The van der Waals surface area contributed by atoms with Gasteiger partial charge in [0, 0.05) is 5.56 Å². The first kappa shape index (κ1) is 11.3. The molecule has 0 bridgehead atoms. The molecule has 1 aromatic carbocycles. The molecular formula is C12H11F2N3O. The van der Waals surface area contributed by atoms with Crippen molar-refractivity contribution in [2.75, 3.05) is 0 Å². The van der Waals surface area contributed by atoms with Crippen LogP contribution in [0.5, 0.6) is 0 Å². The van der Waals surface area contributed by atoms with Crippen LogP contribution in [0.25, 0.3) is 0 Å². The largest absolute Gasteiger partial charge is 0.359 e. The minimum atomic E-state index is -0.847. The van der Waals surface area contributed by atoms with Crippen LogP contribution in [0.2, 0.25) is 0 Å². The highest BCUT2D eigenvalue weighted by atomic mass is 19.1. The zero-order valence-corrected chi connectivity index (χ0v) is 9.68. The van der Waals surface area contributed by atoms with Crippen molar-refractivity contribution in [1.29, 1.82) is 0 Å². The summed E-state index contributed by atoms with van der Waals surface area (Å²) in [5, 5.41) is 3.96. The Kier molecular flexibility index (Phi) is 2.41. The SMILES string of the molecule is C[C@@H]1O[C@@]1(Cn1cncn1)c1cc(F)ccc1F. The first-order chi connectivity index (χ1) is 8.62. The van der Waals surface area contributed by atoms with Gasteiger partial charge in [-0.3, -0.25) is 0 Å². The van der Waals surface area contributed by atoms with Gasteiger partial charge in [0.15, 0.2) is 0 Å². The summed E-state index contributed by atoms with van der Waals surface area (Å²) in [5.74, 6) is -0.951. The maximum atomic E-state index is 13.8. The maximum Gasteiger partial charge on any atom is 0.142 e. The fraction of sp³-hybridized carbons (Fsp3) is 0.333. The van der Waals surface area contributed by atoms with Crippen LogP contribution < -0.4 is 0 Å². The van der Waals surface area contributed by atoms with Crippen molar-refractivity contribution in [3.05, 3.63) is 48.1 Å². The molecule has 0 radical (unpaired) electrons. The molecule has 18 heavy (non-hydrogen) atoms. The third kappa shape index (κ3) is 1.69. The molecule has 0 spiro atoms. The number of halogens is 2. The second-order valence-corrected chi connectivity index (χ2v) is 4.37. The minimum absolute atomic E-state index is 0.182. The quantitative estimate of drug-likeness (QED) is 0.782. The Morgan fingerprint density at radius 3 is 2.83 bits per heavy atom. The Bertz CT molecular complexity index is 573. The van der Waals surface area contributed by atoms with Gasteiger partial charge in [-0.05, 0) is 25.1 Å². The lowest BCUT2D eigenvalue weighted by atomic mass is 9.95. The lowest BCUT2D eigenvalue weighted by molar-refractivity contribution is 0.257. The van der Waals surface area contributed by atoms with Crippen LogP contribution in [-0.4, -0.2) is 20.9 Å². The predicted molar refractivity (Wildman–Crippen MR) is 58.6 cm³/mol. The smallest absolute Gasteiger partial charge is 0.142 e. The molecule has 4 nitrogen and oxygen atoms in total. The van der Waals surface area contributed by atoms with E-state index in [1.54, 1.807) is 4.68 Å². The number of benzene rings is 1. The summed E-state index contributed by atoms with van der Waals surface area (Å²) < 4.78 is 34.1. The first-order valence-corrected chi connectivity index (χ1v) is 5.57. The van der Waals surface area contributed by atoms with E-state index in [0.717, 1.165) is 12.1 Å². The lowest BCUT2D eigenvalue weighted by Crippen LogP contribution is -2.22. The van der Waals surface area contributed by atoms with Gasteiger partial charge in [0.2, 0.25) is 0 Å². The lowest BCUT2D eigenvalue weighted by Gasteiger charge is -2.14. The van der Waals surface area contributed by atoms with Crippen molar-refractivity contribution >= 4 is 0 Å². The molecular weight excluding hydrogens is 240 g/mol. The van der Waals surface area contributed by atoms with Crippen LogP contribution in [0.1, 0.15) is 12.5 Å². The highest BCUT2D eigenvalue weighted by Gasteiger charge is 2.56. The van der Waals surface area contributed by atoms with Gasteiger partial charge in [0.05, 0.1) is 12.6 Å². The van der Waals surface area contributed by atoms with Gasteiger partial charge in [0.1, 0.15) is 29.9 Å². The fourth-order valence-corrected chi connectivity index (χ4v) is 2.19. The monoisotopic (exact) mass is 251 g/mol. The van der Waals surface area contributed by atoms with Crippen molar-refractivity contribution in [2.45, 2.75) is 25.2 Å². The van der Waals surface area contributed by atoms with E-state index in [9.17, 15) is 8.78 Å². The number of rotatable bonds is 3. The third-order valence-corrected chi connectivity index (χ3v) is 3.23. The van der Waals surface area contributed by atoms with Gasteiger partial charge >= 0.3 is 0 Å². The number of ether oxygens (including phenoxy) is 1. The summed E-state index contributed by atoms with van der Waals surface area (Å²) in [6.45, 7) is 2.13. The standard InChI is InChI=1S/C12H11F2N3O/c1-8-12(18-8,5-17-7-15-6-16-17)10-4-9(13)2-3-11(10)14/h2-4,6-8H,5H2,1H3/t8-,12+/m0/s1. The van der Waals surface area contributed by atoms with E-state index in [2.05, 4.69) is 10.1 Å². The zero-order chi connectivity index (χ0) is 12.8. The molecule has 0 saturated carbocycles. The summed E-state index contributed by atoms with van der Waals surface area (Å²) in [7, 11) is 0. The van der Waals surface area contributed by atoms with Crippen LogP contribution in [0.4, 0.5) is 8.78 Å². The molecule has 2 aromatic rings. The summed E-state index contributed by atoms with van der Waals surface area (Å²) in [6.07, 6.45) is 2.73. The van der Waals surface area contributed by atoms with Crippen molar-refractivity contribution in [2.24, 2.45) is 0 Å². The fourth-order valence-electron chi connectivity index (χ4n) is 2.19. The molecule has 1 aliphatic rings. The molecule has 0 aliphatic carbocycles. The van der Waals surface area contributed by atoms with E-state index in [1.807, 2.05) is 6.92 Å². The average molecular weight is 251 g/mol. The minimum Gasteiger partial charge on any atom is -0.359 e. The molecule has 1 fully saturated rings. The zero-order valence-electron chi connectivity index (χ0n) is 9.68. The van der Waals surface area contributed by atoms with Gasteiger partial charge in [-0.15, -0.1) is 0 Å². The molecule has 0 N–H and O–H groups in total. The summed E-state index contributed by atoms with van der Waals surface area (Å²) >= 11 is 0. The molecule has 1 aromatic heterocycles. The van der Waals surface area contributed by atoms with E-state index < -0.39 is 17.2 Å². The molecule has 1 saturated heterocycles. The molecule has 94 valence electrons. The molecule has 0 amide bonds. The van der Waals surface area contributed by atoms with Gasteiger partial charge < -0.3 is 4.74 Å². The second-order valence-electron chi connectivity index (χ2n) is 4.37. The maximum absolute atomic E-state index is 13.8. The number of aromatic nitrogens is 3. The van der Waals surface area contributed by atoms with Crippen LogP contribution in [0.3, 0.4) is 0 Å². The van der Waals surface area contributed by atoms with Gasteiger partial charge in [-0.25, -0.2) is 18.4 Å². The normalized spacial score (nSPS) is 26.3. The number of hydrogen-bond donors (Lipinski definition) is 0. The number of epoxide rings is 1. The Balaban J connectivity index is 1.99. The number of nitrogens with zero attached hydrogens (tertiary/aromatic N) is 3. The van der Waals surface area contributed by atoms with E-state index in [4.69, 9.17) is 4.74 Å². The highest BCUT2D eigenvalue weighted by molar-refractivity contribution is 5.31. The van der Waals surface area contributed by atoms with E-state index >= 15 is 0 Å². The van der Waals surface area contributed by atoms with Crippen LogP contribution in [0.15, 0.2) is 30.9 Å². The van der Waals surface area contributed by atoms with E-state index in [1.165, 1.54) is 18.7 Å². The Labute approximate surface area is 102 Å². The van der Waals surface area contributed by atoms with Crippen LogP contribution >= 0.6 is 0 Å².